The number of methoxy groups -OCH3 is 1. The molecule has 1 aliphatic rings. The van der Waals surface area contributed by atoms with Gasteiger partial charge < -0.3 is 14.4 Å². The van der Waals surface area contributed by atoms with Gasteiger partial charge in [-0.15, -0.1) is 0 Å². The number of hydrogen-bond acceptors (Lipinski definition) is 4. The maximum atomic E-state index is 12.0. The number of hydrogen-bond donors (Lipinski definition) is 0. The molecule has 0 N–H and O–H groups in total. The van der Waals surface area contributed by atoms with Crippen LogP contribution in [0.2, 0.25) is 0 Å². The molecule has 1 amide bonds. The van der Waals surface area contributed by atoms with Crippen LogP contribution in [-0.4, -0.2) is 43.4 Å². The number of rotatable bonds is 4. The number of Topliss-reactive ketones (excluding diaryl/α,β-unsaturated/α-hetero) is 1. The zero-order chi connectivity index (χ0) is 15.4. The summed E-state index contributed by atoms with van der Waals surface area (Å²) in [5.74, 6) is 1.34. The summed E-state index contributed by atoms with van der Waals surface area (Å²) in [6.45, 7) is 0.911. The Balaban J connectivity index is 1.95. The lowest BCUT2D eigenvalue weighted by molar-refractivity contribution is -0.136. The van der Waals surface area contributed by atoms with E-state index in [1.165, 1.54) is 0 Å². The van der Waals surface area contributed by atoms with E-state index in [1.807, 2.05) is 0 Å². The van der Waals surface area contributed by atoms with Crippen molar-refractivity contribution >= 4 is 43.6 Å². The average molecular weight is 421 g/mol. The molecule has 1 fully saturated rings. The van der Waals surface area contributed by atoms with E-state index in [9.17, 15) is 9.59 Å². The highest BCUT2D eigenvalue weighted by Gasteiger charge is 2.21. The Morgan fingerprint density at radius 2 is 1.76 bits per heavy atom. The number of ether oxygens (including phenoxy) is 2. The van der Waals surface area contributed by atoms with Crippen molar-refractivity contribution < 1.29 is 19.1 Å². The van der Waals surface area contributed by atoms with Gasteiger partial charge in [-0.05, 0) is 44.0 Å². The van der Waals surface area contributed by atoms with Crippen molar-refractivity contribution in [1.82, 2.24) is 4.90 Å². The van der Waals surface area contributed by atoms with E-state index in [0.29, 0.717) is 41.9 Å². The molecule has 21 heavy (non-hydrogen) atoms. The van der Waals surface area contributed by atoms with Crippen LogP contribution >= 0.6 is 31.9 Å². The van der Waals surface area contributed by atoms with Gasteiger partial charge in [0.25, 0.3) is 5.91 Å². The quantitative estimate of drug-likeness (QED) is 0.751. The third-order valence-electron chi connectivity index (χ3n) is 3.23. The summed E-state index contributed by atoms with van der Waals surface area (Å²) in [6.07, 6.45) is 0.868. The number of benzene rings is 1. The summed E-state index contributed by atoms with van der Waals surface area (Å²) in [6, 6.07) is 3.51. The molecule has 0 saturated carbocycles. The molecule has 5 nitrogen and oxygen atoms in total. The highest BCUT2D eigenvalue weighted by Crippen LogP contribution is 2.35. The van der Waals surface area contributed by atoms with E-state index in [-0.39, 0.29) is 18.3 Å². The fraction of sp³-hybridized carbons (Fsp3) is 0.429. The minimum absolute atomic E-state index is 0.0500. The van der Waals surface area contributed by atoms with Gasteiger partial charge >= 0.3 is 0 Å². The van der Waals surface area contributed by atoms with E-state index in [0.717, 1.165) is 4.47 Å². The number of likely N-dealkylation sites (tertiary alicyclic amines) is 1. The number of amides is 1. The second-order valence-electron chi connectivity index (χ2n) is 4.63. The SMILES string of the molecule is COc1cc(Br)c(OCC(=O)N2CCC(=O)CC2)cc1Br. The number of ketones is 1. The largest absolute Gasteiger partial charge is 0.496 e. The third kappa shape index (κ3) is 4.20. The maximum absolute atomic E-state index is 12.0. The third-order valence-corrected chi connectivity index (χ3v) is 4.47. The Kier molecular flexibility index (Phi) is 5.64. The number of piperidine rings is 1. The van der Waals surface area contributed by atoms with Gasteiger partial charge in [-0.1, -0.05) is 0 Å². The Hall–Kier alpha value is -1.08. The molecule has 114 valence electrons. The molecule has 0 aromatic heterocycles. The van der Waals surface area contributed by atoms with Gasteiger partial charge in [0.05, 0.1) is 16.1 Å². The molecule has 0 bridgehead atoms. The van der Waals surface area contributed by atoms with Gasteiger partial charge in [-0.3, -0.25) is 9.59 Å². The highest BCUT2D eigenvalue weighted by molar-refractivity contribution is 9.11. The first kappa shape index (κ1) is 16.3. The molecule has 0 spiro atoms. The molecule has 1 saturated heterocycles. The summed E-state index contributed by atoms with van der Waals surface area (Å²) in [5, 5.41) is 0. The molecule has 0 atom stereocenters. The summed E-state index contributed by atoms with van der Waals surface area (Å²) in [7, 11) is 1.58. The van der Waals surface area contributed by atoms with Crippen molar-refractivity contribution in [2.75, 3.05) is 26.8 Å². The zero-order valence-corrected chi connectivity index (χ0v) is 14.7. The van der Waals surface area contributed by atoms with Gasteiger partial charge in [0.2, 0.25) is 0 Å². The lowest BCUT2D eigenvalue weighted by Crippen LogP contribution is -2.41. The summed E-state index contributed by atoms with van der Waals surface area (Å²) < 4.78 is 12.2. The lowest BCUT2D eigenvalue weighted by atomic mass is 10.1. The molecule has 0 aliphatic carbocycles. The fourth-order valence-corrected chi connectivity index (χ4v) is 2.93. The smallest absolute Gasteiger partial charge is 0.260 e. The number of carbonyl (C=O) groups excluding carboxylic acids is 2. The van der Waals surface area contributed by atoms with E-state index >= 15 is 0 Å². The van der Waals surface area contributed by atoms with Crippen molar-refractivity contribution in [2.24, 2.45) is 0 Å². The number of nitrogens with zero attached hydrogens (tertiary/aromatic N) is 1. The second kappa shape index (κ2) is 7.26. The minimum Gasteiger partial charge on any atom is -0.496 e. The average Bonchev–Trinajstić information content (AvgIpc) is 2.48. The van der Waals surface area contributed by atoms with Crippen molar-refractivity contribution in [1.29, 1.82) is 0 Å². The molecule has 0 unspecified atom stereocenters. The highest BCUT2D eigenvalue weighted by atomic mass is 79.9. The Bertz CT molecular complexity index is 552. The van der Waals surface area contributed by atoms with E-state index in [2.05, 4.69) is 31.9 Å². The Morgan fingerprint density at radius 1 is 1.19 bits per heavy atom. The minimum atomic E-state index is -0.110. The van der Waals surface area contributed by atoms with Crippen LogP contribution in [0, 0.1) is 0 Å². The zero-order valence-electron chi connectivity index (χ0n) is 11.5. The number of halogens is 2. The summed E-state index contributed by atoms with van der Waals surface area (Å²) in [5.41, 5.74) is 0. The Morgan fingerprint density at radius 3 is 2.38 bits per heavy atom. The van der Waals surface area contributed by atoms with Crippen LogP contribution in [0.1, 0.15) is 12.8 Å². The maximum Gasteiger partial charge on any atom is 0.260 e. The van der Waals surface area contributed by atoms with Crippen molar-refractivity contribution in [2.45, 2.75) is 12.8 Å². The van der Waals surface area contributed by atoms with Crippen LogP contribution in [0.5, 0.6) is 11.5 Å². The second-order valence-corrected chi connectivity index (χ2v) is 6.33. The molecule has 0 radical (unpaired) electrons. The normalized spacial score (nSPS) is 15.0. The first-order valence-corrected chi connectivity index (χ1v) is 8.05. The van der Waals surface area contributed by atoms with Gasteiger partial charge in [0.15, 0.2) is 6.61 Å². The fourth-order valence-electron chi connectivity index (χ4n) is 2.01. The van der Waals surface area contributed by atoms with Crippen LogP contribution in [0.25, 0.3) is 0 Å². The molecule has 2 rings (SSSR count). The van der Waals surface area contributed by atoms with E-state index in [1.54, 1.807) is 24.1 Å². The van der Waals surface area contributed by atoms with E-state index < -0.39 is 0 Å². The van der Waals surface area contributed by atoms with Gasteiger partial charge in [-0.25, -0.2) is 0 Å². The molecular formula is C14H15Br2NO4. The lowest BCUT2D eigenvalue weighted by Gasteiger charge is -2.26. The van der Waals surface area contributed by atoms with Crippen molar-refractivity contribution in [3.8, 4) is 11.5 Å². The monoisotopic (exact) mass is 419 g/mol. The predicted molar refractivity (Wildman–Crippen MR) is 84.7 cm³/mol. The summed E-state index contributed by atoms with van der Waals surface area (Å²) in [4.78, 5) is 24.9. The topological polar surface area (TPSA) is 55.8 Å². The predicted octanol–water partition coefficient (Wildman–Crippen LogP) is 2.79. The van der Waals surface area contributed by atoms with Gasteiger partial charge in [0.1, 0.15) is 17.3 Å². The molecule has 7 heteroatoms. The first-order valence-electron chi connectivity index (χ1n) is 6.46. The molecule has 1 aromatic rings. The first-order chi connectivity index (χ1) is 10.0. The van der Waals surface area contributed by atoms with Crippen LogP contribution in [0.4, 0.5) is 0 Å². The van der Waals surface area contributed by atoms with Crippen molar-refractivity contribution in [3.63, 3.8) is 0 Å². The van der Waals surface area contributed by atoms with Crippen molar-refractivity contribution in [3.05, 3.63) is 21.1 Å². The molecule has 1 aliphatic heterocycles. The van der Waals surface area contributed by atoms with Crippen LogP contribution in [-0.2, 0) is 9.59 Å². The van der Waals surface area contributed by atoms with Crippen LogP contribution in [0.15, 0.2) is 21.1 Å². The van der Waals surface area contributed by atoms with E-state index in [4.69, 9.17) is 9.47 Å². The molecule has 1 heterocycles. The molecule has 1 aromatic carbocycles. The molecular weight excluding hydrogens is 406 g/mol. The standard InChI is InChI=1S/C14H15Br2NO4/c1-20-12-6-11(16)13(7-10(12)15)21-8-14(19)17-4-2-9(18)3-5-17/h6-7H,2-5,8H2,1H3. The van der Waals surface area contributed by atoms with Gasteiger partial charge in [0, 0.05) is 25.9 Å². The van der Waals surface area contributed by atoms with Gasteiger partial charge in [-0.2, -0.15) is 0 Å². The van der Waals surface area contributed by atoms with Crippen LogP contribution in [0.3, 0.4) is 0 Å². The summed E-state index contributed by atoms with van der Waals surface area (Å²) >= 11 is 6.75. The Labute approximate surface area is 139 Å². The number of carbonyl (C=O) groups is 2. The van der Waals surface area contributed by atoms with Crippen LogP contribution < -0.4 is 9.47 Å².